The highest BCUT2D eigenvalue weighted by atomic mass is 32.2. The van der Waals surface area contributed by atoms with Gasteiger partial charge in [-0.1, -0.05) is 60.7 Å². The van der Waals surface area contributed by atoms with Crippen molar-refractivity contribution < 1.29 is 18.0 Å². The molecule has 2 heterocycles. The fourth-order valence-corrected chi connectivity index (χ4v) is 6.85. The van der Waals surface area contributed by atoms with Gasteiger partial charge in [0.05, 0.1) is 11.4 Å². The molecule has 0 radical (unpaired) electrons. The molecule has 1 saturated heterocycles. The summed E-state index contributed by atoms with van der Waals surface area (Å²) in [7, 11) is -3.84. The van der Waals surface area contributed by atoms with Crippen LogP contribution in [0.15, 0.2) is 66.9 Å². The van der Waals surface area contributed by atoms with Crippen LogP contribution in [-0.4, -0.2) is 59.8 Å². The third-order valence-corrected chi connectivity index (χ3v) is 8.82. The van der Waals surface area contributed by atoms with Gasteiger partial charge in [-0.15, -0.1) is 0 Å². The number of likely N-dealkylation sites (tertiary alicyclic amines) is 1. The number of carbonyl (C=O) groups excluding carboxylic acids is 2. The highest BCUT2D eigenvalue weighted by Gasteiger charge is 2.39. The number of hydrogen-bond donors (Lipinski definition) is 3. The van der Waals surface area contributed by atoms with E-state index in [1.54, 1.807) is 30.5 Å². The molecule has 1 fully saturated rings. The fraction of sp³-hybridized carbons (Fsp3) is 0.379. The van der Waals surface area contributed by atoms with Crippen molar-refractivity contribution in [2.45, 2.75) is 62.4 Å². The maximum atomic E-state index is 13.9. The fourth-order valence-electron chi connectivity index (χ4n) is 5.51. The van der Waals surface area contributed by atoms with Crippen LogP contribution in [0.4, 0.5) is 5.95 Å². The number of aryl methyl sites for hydroxylation is 1. The molecule has 3 unspecified atom stereocenters. The van der Waals surface area contributed by atoms with Crippen molar-refractivity contribution in [3.8, 4) is 0 Å². The molecule has 1 aliphatic carbocycles. The van der Waals surface area contributed by atoms with Gasteiger partial charge in [-0.3, -0.25) is 9.59 Å². The predicted molar refractivity (Wildman–Crippen MR) is 151 cm³/mol. The first-order valence-corrected chi connectivity index (χ1v) is 15.2. The highest BCUT2D eigenvalue weighted by molar-refractivity contribution is 7.88. The third-order valence-electron chi connectivity index (χ3n) is 7.46. The number of fused-ring (bicyclic) bond motifs is 1. The van der Waals surface area contributed by atoms with Crippen LogP contribution in [0, 0.1) is 0 Å². The van der Waals surface area contributed by atoms with Crippen LogP contribution in [0.1, 0.15) is 41.6 Å². The number of carbonyl (C=O) groups is 2. The van der Waals surface area contributed by atoms with Gasteiger partial charge in [0, 0.05) is 25.2 Å². The Labute approximate surface area is 234 Å². The molecule has 3 atom stereocenters. The molecule has 40 heavy (non-hydrogen) atoms. The zero-order valence-electron chi connectivity index (χ0n) is 22.2. The second kappa shape index (κ2) is 12.1. The van der Waals surface area contributed by atoms with Crippen LogP contribution in [0.5, 0.6) is 0 Å². The number of nitrogen functional groups attached to an aromatic ring is 1. The number of benzene rings is 2. The molecular weight excluding hydrogens is 528 g/mol. The maximum Gasteiger partial charge on any atom is 0.243 e. The van der Waals surface area contributed by atoms with E-state index in [9.17, 15) is 18.0 Å². The Hall–Kier alpha value is -3.83. The minimum absolute atomic E-state index is 0.128. The molecule has 0 bridgehead atoms. The Morgan fingerprint density at radius 1 is 1.02 bits per heavy atom. The van der Waals surface area contributed by atoms with Gasteiger partial charge >= 0.3 is 0 Å². The maximum absolute atomic E-state index is 13.9. The van der Waals surface area contributed by atoms with Gasteiger partial charge in [-0.25, -0.2) is 23.1 Å². The summed E-state index contributed by atoms with van der Waals surface area (Å²) >= 11 is 0. The summed E-state index contributed by atoms with van der Waals surface area (Å²) in [6.07, 6.45) is 5.11. The lowest BCUT2D eigenvalue weighted by Crippen LogP contribution is -2.55. The van der Waals surface area contributed by atoms with E-state index in [2.05, 4.69) is 20.0 Å². The number of nitrogens with zero attached hydrogens (tertiary/aromatic N) is 3. The Balaban J connectivity index is 1.30. The summed E-state index contributed by atoms with van der Waals surface area (Å²) in [5.74, 6) is -0.662. The van der Waals surface area contributed by atoms with Crippen LogP contribution >= 0.6 is 0 Å². The number of aromatic nitrogens is 2. The lowest BCUT2D eigenvalue weighted by molar-refractivity contribution is -0.140. The largest absolute Gasteiger partial charge is 0.368 e. The Morgan fingerprint density at radius 2 is 1.73 bits per heavy atom. The molecule has 0 saturated carbocycles. The monoisotopic (exact) mass is 562 g/mol. The molecule has 5 rings (SSSR count). The first-order valence-electron chi connectivity index (χ1n) is 13.6. The van der Waals surface area contributed by atoms with Gasteiger partial charge in [-0.2, -0.15) is 0 Å². The first kappa shape index (κ1) is 27.7. The molecule has 4 N–H and O–H groups in total. The van der Waals surface area contributed by atoms with Crippen molar-refractivity contribution in [3.63, 3.8) is 0 Å². The summed E-state index contributed by atoms with van der Waals surface area (Å²) in [6, 6.07) is 16.3. The molecule has 3 aromatic rings. The summed E-state index contributed by atoms with van der Waals surface area (Å²) in [4.78, 5) is 37.2. The predicted octanol–water partition coefficient (Wildman–Crippen LogP) is 1.75. The van der Waals surface area contributed by atoms with E-state index in [-0.39, 0.29) is 30.1 Å². The molecular formula is C29H34N6O4S. The summed E-state index contributed by atoms with van der Waals surface area (Å²) in [6.45, 7) is 0.389. The molecule has 11 heteroatoms. The lowest BCUT2D eigenvalue weighted by Gasteiger charge is -2.31. The summed E-state index contributed by atoms with van der Waals surface area (Å²) in [5, 5.41) is 3.10. The quantitative estimate of drug-likeness (QED) is 0.360. The Bertz CT molecular complexity index is 1450. The van der Waals surface area contributed by atoms with Crippen molar-refractivity contribution in [1.82, 2.24) is 24.9 Å². The second-order valence-electron chi connectivity index (χ2n) is 10.4. The average Bonchev–Trinajstić information content (AvgIpc) is 3.43. The Morgan fingerprint density at radius 3 is 2.45 bits per heavy atom. The minimum atomic E-state index is -3.84. The average molecular weight is 563 g/mol. The van der Waals surface area contributed by atoms with Gasteiger partial charge in [0.1, 0.15) is 12.1 Å². The topological polar surface area (TPSA) is 147 Å². The van der Waals surface area contributed by atoms with Gasteiger partial charge in [0.15, 0.2) is 0 Å². The van der Waals surface area contributed by atoms with Gasteiger partial charge in [0.2, 0.25) is 27.8 Å². The van der Waals surface area contributed by atoms with E-state index < -0.39 is 28.0 Å². The number of anilines is 1. The molecule has 1 aromatic heterocycles. The Kier molecular flexibility index (Phi) is 8.41. The van der Waals surface area contributed by atoms with Crippen molar-refractivity contribution in [2.75, 3.05) is 12.3 Å². The lowest BCUT2D eigenvalue weighted by atomic mass is 9.92. The molecule has 2 aliphatic rings. The van der Waals surface area contributed by atoms with Crippen LogP contribution in [0.3, 0.4) is 0 Å². The molecule has 2 amide bonds. The van der Waals surface area contributed by atoms with Gasteiger partial charge in [0.25, 0.3) is 0 Å². The zero-order valence-corrected chi connectivity index (χ0v) is 23.0. The standard InChI is InChI=1S/C29H34N6O4S/c30-29-31-18-22-13-14-23(17-24(22)33-29)32-27(36)26-12-7-15-35(26)28(37)25(16-20-8-3-1-4-9-20)34-40(38,39)19-21-10-5-2-6-11-21/h1-6,8-11,18,23,25-26,34H,7,12-17,19H2,(H,32,36)(H2,30,31,33). The van der Waals surface area contributed by atoms with Crippen LogP contribution < -0.4 is 15.8 Å². The molecule has 210 valence electrons. The van der Waals surface area contributed by atoms with Crippen molar-refractivity contribution >= 4 is 27.8 Å². The zero-order chi connectivity index (χ0) is 28.1. The van der Waals surface area contributed by atoms with E-state index in [1.165, 1.54) is 4.90 Å². The van der Waals surface area contributed by atoms with E-state index in [0.29, 0.717) is 31.4 Å². The molecule has 1 aliphatic heterocycles. The molecule has 10 nitrogen and oxygen atoms in total. The van der Waals surface area contributed by atoms with Crippen LogP contribution in [-0.2, 0) is 44.6 Å². The number of sulfonamides is 1. The van der Waals surface area contributed by atoms with Crippen molar-refractivity contribution in [1.29, 1.82) is 0 Å². The number of hydrogen-bond acceptors (Lipinski definition) is 7. The van der Waals surface area contributed by atoms with E-state index in [1.807, 2.05) is 36.4 Å². The minimum Gasteiger partial charge on any atom is -0.368 e. The number of rotatable bonds is 9. The first-order chi connectivity index (χ1) is 19.3. The smallest absolute Gasteiger partial charge is 0.243 e. The summed E-state index contributed by atoms with van der Waals surface area (Å²) < 4.78 is 28.9. The van der Waals surface area contributed by atoms with Gasteiger partial charge < -0.3 is 16.0 Å². The van der Waals surface area contributed by atoms with Gasteiger partial charge in [-0.05, 0) is 48.8 Å². The molecule has 2 aromatic carbocycles. The van der Waals surface area contributed by atoms with E-state index >= 15 is 0 Å². The third kappa shape index (κ3) is 6.83. The number of amides is 2. The van der Waals surface area contributed by atoms with Crippen molar-refractivity contribution in [2.24, 2.45) is 0 Å². The van der Waals surface area contributed by atoms with E-state index in [4.69, 9.17) is 5.73 Å². The second-order valence-corrected chi connectivity index (χ2v) is 12.2. The normalized spacial score (nSPS) is 19.6. The SMILES string of the molecule is Nc1ncc2c(n1)CC(NC(=O)C1CCCN1C(=O)C(Cc1ccccc1)NS(=O)(=O)Cc1ccccc1)CC2. The highest BCUT2D eigenvalue weighted by Crippen LogP contribution is 2.23. The molecule has 0 spiro atoms. The van der Waals surface area contributed by atoms with E-state index in [0.717, 1.165) is 29.7 Å². The van der Waals surface area contributed by atoms with Crippen LogP contribution in [0.2, 0.25) is 0 Å². The van der Waals surface area contributed by atoms with Crippen LogP contribution in [0.25, 0.3) is 0 Å². The number of nitrogens with one attached hydrogen (secondary N) is 2. The number of nitrogens with two attached hydrogens (primary N) is 1. The summed E-state index contributed by atoms with van der Waals surface area (Å²) in [5.41, 5.74) is 9.06. The van der Waals surface area contributed by atoms with Crippen molar-refractivity contribution in [3.05, 3.63) is 89.2 Å².